The highest BCUT2D eigenvalue weighted by atomic mass is 16.5. The van der Waals surface area contributed by atoms with Crippen molar-refractivity contribution in [2.45, 2.75) is 31.8 Å². The Labute approximate surface area is 149 Å². The summed E-state index contributed by atoms with van der Waals surface area (Å²) in [6.07, 6.45) is 2.00. The first-order valence-electron chi connectivity index (χ1n) is 8.96. The van der Waals surface area contributed by atoms with E-state index in [1.165, 1.54) is 11.1 Å². The molecule has 2 heterocycles. The molecule has 4 heteroatoms. The molecule has 0 aliphatic carbocycles. The molecule has 2 aromatic carbocycles. The predicted octanol–water partition coefficient (Wildman–Crippen LogP) is 3.42. The SMILES string of the molecule is COc1cccc2c1N1C(=O)CN([C@@H](C)c3ccccc3)C[C@@H]1CC2. The van der Waals surface area contributed by atoms with Gasteiger partial charge in [-0.1, -0.05) is 42.5 Å². The summed E-state index contributed by atoms with van der Waals surface area (Å²) in [5.74, 6) is 0.976. The molecule has 1 fully saturated rings. The quantitative estimate of drug-likeness (QED) is 0.861. The molecular weight excluding hydrogens is 312 g/mol. The summed E-state index contributed by atoms with van der Waals surface area (Å²) in [5, 5.41) is 0. The summed E-state index contributed by atoms with van der Waals surface area (Å²) >= 11 is 0. The topological polar surface area (TPSA) is 32.8 Å². The van der Waals surface area contributed by atoms with Crippen molar-refractivity contribution in [3.63, 3.8) is 0 Å². The number of fused-ring (bicyclic) bond motifs is 3. The number of nitrogens with zero attached hydrogens (tertiary/aromatic N) is 2. The van der Waals surface area contributed by atoms with Crippen LogP contribution in [0.25, 0.3) is 0 Å². The zero-order chi connectivity index (χ0) is 17.4. The summed E-state index contributed by atoms with van der Waals surface area (Å²) < 4.78 is 5.55. The fourth-order valence-corrected chi connectivity index (χ4v) is 4.17. The van der Waals surface area contributed by atoms with Crippen LogP contribution in [-0.4, -0.2) is 37.0 Å². The number of piperazine rings is 1. The van der Waals surface area contributed by atoms with E-state index in [2.05, 4.69) is 42.2 Å². The largest absolute Gasteiger partial charge is 0.495 e. The lowest BCUT2D eigenvalue weighted by atomic mass is 9.92. The maximum absolute atomic E-state index is 13.0. The zero-order valence-electron chi connectivity index (χ0n) is 14.8. The Morgan fingerprint density at radius 3 is 2.68 bits per heavy atom. The molecule has 4 nitrogen and oxygen atoms in total. The van der Waals surface area contributed by atoms with Crippen molar-refractivity contribution >= 4 is 11.6 Å². The molecule has 2 aromatic rings. The van der Waals surface area contributed by atoms with Gasteiger partial charge in [0.05, 0.1) is 25.4 Å². The van der Waals surface area contributed by atoms with Crippen LogP contribution >= 0.6 is 0 Å². The van der Waals surface area contributed by atoms with E-state index in [1.807, 2.05) is 23.1 Å². The van der Waals surface area contributed by atoms with Crippen LogP contribution in [0.2, 0.25) is 0 Å². The first-order valence-corrected chi connectivity index (χ1v) is 8.96. The van der Waals surface area contributed by atoms with Gasteiger partial charge in [-0.15, -0.1) is 0 Å². The molecule has 130 valence electrons. The van der Waals surface area contributed by atoms with Crippen molar-refractivity contribution < 1.29 is 9.53 Å². The van der Waals surface area contributed by atoms with Crippen LogP contribution in [-0.2, 0) is 11.2 Å². The van der Waals surface area contributed by atoms with Crippen molar-refractivity contribution in [3.05, 3.63) is 59.7 Å². The van der Waals surface area contributed by atoms with Gasteiger partial charge in [-0.05, 0) is 37.0 Å². The van der Waals surface area contributed by atoms with Crippen LogP contribution in [0.5, 0.6) is 5.75 Å². The van der Waals surface area contributed by atoms with E-state index in [9.17, 15) is 4.79 Å². The average molecular weight is 336 g/mol. The third kappa shape index (κ3) is 2.81. The van der Waals surface area contributed by atoms with Gasteiger partial charge in [0.25, 0.3) is 0 Å². The molecule has 2 aliphatic heterocycles. The van der Waals surface area contributed by atoms with Crippen LogP contribution in [0.3, 0.4) is 0 Å². The van der Waals surface area contributed by atoms with E-state index in [0.29, 0.717) is 6.54 Å². The van der Waals surface area contributed by atoms with Crippen LogP contribution in [0.15, 0.2) is 48.5 Å². The summed E-state index contributed by atoms with van der Waals surface area (Å²) in [5.41, 5.74) is 3.46. The number of rotatable bonds is 3. The number of amides is 1. The lowest BCUT2D eigenvalue weighted by Gasteiger charge is -2.46. The number of aryl methyl sites for hydroxylation is 1. The molecule has 0 N–H and O–H groups in total. The van der Waals surface area contributed by atoms with Gasteiger partial charge in [-0.2, -0.15) is 0 Å². The molecule has 0 aromatic heterocycles. The number of hydrogen-bond donors (Lipinski definition) is 0. The Kier molecular flexibility index (Phi) is 4.22. The molecule has 0 bridgehead atoms. The van der Waals surface area contributed by atoms with E-state index < -0.39 is 0 Å². The van der Waals surface area contributed by atoms with Gasteiger partial charge in [0.2, 0.25) is 5.91 Å². The molecule has 25 heavy (non-hydrogen) atoms. The molecular formula is C21H24N2O2. The Hall–Kier alpha value is -2.33. The second-order valence-corrected chi connectivity index (χ2v) is 6.94. The molecule has 0 radical (unpaired) electrons. The normalized spacial score (nSPS) is 21.4. The van der Waals surface area contributed by atoms with Crippen LogP contribution < -0.4 is 9.64 Å². The highest BCUT2D eigenvalue weighted by Gasteiger charge is 2.39. The summed E-state index contributed by atoms with van der Waals surface area (Å²) in [6.45, 7) is 3.54. The maximum Gasteiger partial charge on any atom is 0.241 e. The average Bonchev–Trinajstić information content (AvgIpc) is 2.67. The molecule has 0 spiro atoms. The van der Waals surface area contributed by atoms with Crippen molar-refractivity contribution in [1.82, 2.24) is 4.90 Å². The molecule has 2 atom stereocenters. The highest BCUT2D eigenvalue weighted by Crippen LogP contribution is 2.40. The summed E-state index contributed by atoms with van der Waals surface area (Å²) in [7, 11) is 1.68. The van der Waals surface area contributed by atoms with Crippen LogP contribution in [0.1, 0.15) is 30.5 Å². The minimum Gasteiger partial charge on any atom is -0.495 e. The first kappa shape index (κ1) is 16.2. The molecule has 1 amide bonds. The predicted molar refractivity (Wildman–Crippen MR) is 99.0 cm³/mol. The Balaban J connectivity index is 1.62. The molecule has 0 unspecified atom stereocenters. The number of carbonyl (C=O) groups excluding carboxylic acids is 1. The second-order valence-electron chi connectivity index (χ2n) is 6.94. The third-order valence-corrected chi connectivity index (χ3v) is 5.54. The zero-order valence-corrected chi connectivity index (χ0v) is 14.8. The van der Waals surface area contributed by atoms with E-state index in [1.54, 1.807) is 7.11 Å². The summed E-state index contributed by atoms with van der Waals surface area (Å²) in [4.78, 5) is 17.3. The number of ether oxygens (including phenoxy) is 1. The summed E-state index contributed by atoms with van der Waals surface area (Å²) in [6, 6.07) is 17.0. The lowest BCUT2D eigenvalue weighted by Crippen LogP contribution is -2.58. The van der Waals surface area contributed by atoms with Crippen molar-refractivity contribution in [2.24, 2.45) is 0 Å². The maximum atomic E-state index is 13.0. The molecule has 2 aliphatic rings. The van der Waals surface area contributed by atoms with Gasteiger partial charge >= 0.3 is 0 Å². The fourth-order valence-electron chi connectivity index (χ4n) is 4.17. The smallest absolute Gasteiger partial charge is 0.241 e. The van der Waals surface area contributed by atoms with E-state index >= 15 is 0 Å². The number of para-hydroxylation sites is 1. The Bertz CT molecular complexity index is 760. The van der Waals surface area contributed by atoms with Gasteiger partial charge in [0, 0.05) is 12.6 Å². The number of hydrogen-bond acceptors (Lipinski definition) is 3. The van der Waals surface area contributed by atoms with Crippen molar-refractivity contribution in [3.8, 4) is 5.75 Å². The first-order chi connectivity index (χ1) is 12.2. The molecule has 1 saturated heterocycles. The lowest BCUT2D eigenvalue weighted by molar-refractivity contribution is -0.123. The van der Waals surface area contributed by atoms with Gasteiger partial charge in [-0.3, -0.25) is 9.69 Å². The van der Waals surface area contributed by atoms with Gasteiger partial charge in [0.15, 0.2) is 0 Å². The van der Waals surface area contributed by atoms with Crippen molar-refractivity contribution in [1.29, 1.82) is 0 Å². The molecule has 4 rings (SSSR count). The highest BCUT2D eigenvalue weighted by molar-refractivity contribution is 5.99. The van der Waals surface area contributed by atoms with Gasteiger partial charge in [-0.25, -0.2) is 0 Å². The van der Waals surface area contributed by atoms with Gasteiger partial charge < -0.3 is 9.64 Å². The number of anilines is 1. The van der Waals surface area contributed by atoms with E-state index in [0.717, 1.165) is 30.8 Å². The minimum absolute atomic E-state index is 0.171. The van der Waals surface area contributed by atoms with Crippen molar-refractivity contribution in [2.75, 3.05) is 25.1 Å². The van der Waals surface area contributed by atoms with Gasteiger partial charge in [0.1, 0.15) is 5.75 Å². The fraction of sp³-hybridized carbons (Fsp3) is 0.381. The number of benzene rings is 2. The minimum atomic E-state index is 0.171. The van der Waals surface area contributed by atoms with Crippen LogP contribution in [0, 0.1) is 0 Å². The van der Waals surface area contributed by atoms with E-state index in [-0.39, 0.29) is 18.0 Å². The monoisotopic (exact) mass is 336 g/mol. The Morgan fingerprint density at radius 2 is 1.92 bits per heavy atom. The number of carbonyl (C=O) groups is 1. The Morgan fingerprint density at radius 1 is 1.12 bits per heavy atom. The van der Waals surface area contributed by atoms with Crippen LogP contribution in [0.4, 0.5) is 5.69 Å². The van der Waals surface area contributed by atoms with E-state index in [4.69, 9.17) is 4.74 Å². The second kappa shape index (κ2) is 6.52. The molecule has 0 saturated carbocycles. The number of methoxy groups -OCH3 is 1. The third-order valence-electron chi connectivity index (χ3n) is 5.54. The standard InChI is InChI=1S/C21H24N2O2/c1-15(16-7-4-3-5-8-16)22-13-18-12-11-17-9-6-10-19(25-2)21(17)23(18)20(24)14-22/h3-10,15,18H,11-14H2,1-2H3/t15-,18-/m0/s1.